The minimum absolute atomic E-state index is 0.0369. The van der Waals surface area contributed by atoms with Gasteiger partial charge in [-0.3, -0.25) is 4.79 Å². The molecule has 0 fully saturated rings. The summed E-state index contributed by atoms with van der Waals surface area (Å²) in [6.45, 7) is 8.47. The minimum atomic E-state index is -0.621. The molecule has 17 heavy (non-hydrogen) atoms. The van der Waals surface area contributed by atoms with E-state index in [4.69, 9.17) is 15.7 Å². The number of carbonyl (C=O) groups is 1. The summed E-state index contributed by atoms with van der Waals surface area (Å²) in [7, 11) is 0. The molecular formula is C11H23N3O3. The van der Waals surface area contributed by atoms with E-state index in [9.17, 15) is 4.79 Å². The summed E-state index contributed by atoms with van der Waals surface area (Å²) in [5.41, 5.74) is 5.50. The lowest BCUT2D eigenvalue weighted by atomic mass is 9.93. The van der Waals surface area contributed by atoms with Crippen LogP contribution in [-0.2, 0) is 9.53 Å². The normalized spacial score (nSPS) is 15.7. The van der Waals surface area contributed by atoms with Crippen LogP contribution in [0.5, 0.6) is 0 Å². The van der Waals surface area contributed by atoms with Gasteiger partial charge in [-0.15, -0.1) is 0 Å². The molecule has 0 heterocycles. The number of hydrogen-bond acceptors (Lipinski definition) is 4. The molecule has 0 aromatic rings. The molecule has 6 heteroatoms. The molecule has 0 bridgehead atoms. The van der Waals surface area contributed by atoms with E-state index in [0.717, 1.165) is 0 Å². The fraction of sp³-hybridized carbons (Fsp3) is 0.818. The van der Waals surface area contributed by atoms with Crippen LogP contribution in [0, 0.1) is 11.8 Å². The van der Waals surface area contributed by atoms with Crippen molar-refractivity contribution in [2.75, 3.05) is 13.2 Å². The molecule has 4 N–H and O–H groups in total. The monoisotopic (exact) mass is 245 g/mol. The molecule has 0 aliphatic heterocycles. The summed E-state index contributed by atoms with van der Waals surface area (Å²) in [6, 6.07) is -0.102. The molecule has 0 spiro atoms. The van der Waals surface area contributed by atoms with Crippen LogP contribution in [0.15, 0.2) is 5.16 Å². The van der Waals surface area contributed by atoms with Crippen molar-refractivity contribution in [3.8, 4) is 0 Å². The Kier molecular flexibility index (Phi) is 7.29. The first-order chi connectivity index (χ1) is 7.93. The number of carbonyl (C=O) groups excluding carboxylic acids is 1. The Labute approximate surface area is 102 Å². The highest BCUT2D eigenvalue weighted by Gasteiger charge is 2.27. The maximum absolute atomic E-state index is 11.9. The zero-order chi connectivity index (χ0) is 13.4. The molecule has 0 aromatic heterocycles. The first kappa shape index (κ1) is 15.7. The maximum Gasteiger partial charge on any atom is 0.231 e. The Morgan fingerprint density at radius 3 is 2.47 bits per heavy atom. The topological polar surface area (TPSA) is 96.9 Å². The quantitative estimate of drug-likeness (QED) is 0.264. The van der Waals surface area contributed by atoms with Crippen LogP contribution in [0.1, 0.15) is 27.7 Å². The van der Waals surface area contributed by atoms with Gasteiger partial charge < -0.3 is 21.0 Å². The predicted octanol–water partition coefficient (Wildman–Crippen LogP) is 0.546. The second-order valence-electron chi connectivity index (χ2n) is 4.32. The van der Waals surface area contributed by atoms with Crippen molar-refractivity contribution in [3.63, 3.8) is 0 Å². The van der Waals surface area contributed by atoms with Crippen molar-refractivity contribution in [2.45, 2.75) is 33.7 Å². The van der Waals surface area contributed by atoms with Crippen LogP contribution in [0.3, 0.4) is 0 Å². The van der Waals surface area contributed by atoms with Gasteiger partial charge in [0.1, 0.15) is 5.92 Å². The van der Waals surface area contributed by atoms with Gasteiger partial charge in [0.15, 0.2) is 5.84 Å². The van der Waals surface area contributed by atoms with E-state index in [1.807, 2.05) is 27.7 Å². The number of nitrogens with zero attached hydrogens (tertiary/aromatic N) is 1. The van der Waals surface area contributed by atoms with Crippen molar-refractivity contribution in [2.24, 2.45) is 22.7 Å². The summed E-state index contributed by atoms with van der Waals surface area (Å²) in [5, 5.41) is 14.3. The van der Waals surface area contributed by atoms with Gasteiger partial charge in [0, 0.05) is 12.6 Å². The lowest BCUT2D eigenvalue weighted by molar-refractivity contribution is -0.125. The molecule has 0 aliphatic rings. The summed E-state index contributed by atoms with van der Waals surface area (Å²) in [6.07, 6.45) is 0. The molecule has 1 amide bonds. The van der Waals surface area contributed by atoms with Crippen LogP contribution in [0.2, 0.25) is 0 Å². The molecule has 2 unspecified atom stereocenters. The Bertz CT molecular complexity index is 267. The number of hydrogen-bond donors (Lipinski definition) is 3. The molecule has 0 saturated carbocycles. The molecule has 100 valence electrons. The Hall–Kier alpha value is -1.30. The highest BCUT2D eigenvalue weighted by atomic mass is 16.5. The third-order valence-corrected chi connectivity index (χ3v) is 2.34. The molecule has 2 atom stereocenters. The maximum atomic E-state index is 11.9. The number of nitrogens with two attached hydrogens (primary N) is 1. The highest BCUT2D eigenvalue weighted by Crippen LogP contribution is 2.11. The van der Waals surface area contributed by atoms with Gasteiger partial charge >= 0.3 is 0 Å². The van der Waals surface area contributed by atoms with E-state index in [1.54, 1.807) is 0 Å². The van der Waals surface area contributed by atoms with Gasteiger partial charge in [0.25, 0.3) is 0 Å². The molecule has 0 aromatic carbocycles. The molecule has 0 aliphatic carbocycles. The number of nitrogens with one attached hydrogen (secondary N) is 1. The zero-order valence-corrected chi connectivity index (χ0v) is 10.9. The van der Waals surface area contributed by atoms with Crippen LogP contribution in [0.4, 0.5) is 0 Å². The Morgan fingerprint density at radius 1 is 1.47 bits per heavy atom. The van der Waals surface area contributed by atoms with Crippen LogP contribution >= 0.6 is 0 Å². The Morgan fingerprint density at radius 2 is 2.06 bits per heavy atom. The van der Waals surface area contributed by atoms with E-state index in [2.05, 4.69) is 10.5 Å². The van der Waals surface area contributed by atoms with Gasteiger partial charge in [-0.2, -0.15) is 0 Å². The number of oxime groups is 1. The number of amidine groups is 1. The lowest BCUT2D eigenvalue weighted by Gasteiger charge is -2.21. The third-order valence-electron chi connectivity index (χ3n) is 2.34. The number of rotatable bonds is 7. The van der Waals surface area contributed by atoms with E-state index >= 15 is 0 Å². The van der Waals surface area contributed by atoms with E-state index < -0.39 is 5.92 Å². The molecule has 6 nitrogen and oxygen atoms in total. The fourth-order valence-corrected chi connectivity index (χ4v) is 1.51. The largest absolute Gasteiger partial charge is 0.409 e. The third kappa shape index (κ3) is 5.53. The van der Waals surface area contributed by atoms with E-state index in [-0.39, 0.29) is 23.7 Å². The summed E-state index contributed by atoms with van der Waals surface area (Å²) in [5.74, 6) is -0.974. The average molecular weight is 245 g/mol. The molecule has 0 rings (SSSR count). The first-order valence-electron chi connectivity index (χ1n) is 5.79. The van der Waals surface area contributed by atoms with Gasteiger partial charge in [-0.1, -0.05) is 19.0 Å². The van der Waals surface area contributed by atoms with Gasteiger partial charge in [0.2, 0.25) is 5.91 Å². The standard InChI is InChI=1S/C11H23N3O3/c1-5-17-6-8(4)13-11(15)9(7(2)3)10(12)14-16/h7-9,16H,5-6H2,1-4H3,(H2,12,14)(H,13,15). The second-order valence-corrected chi connectivity index (χ2v) is 4.32. The van der Waals surface area contributed by atoms with E-state index in [0.29, 0.717) is 13.2 Å². The zero-order valence-electron chi connectivity index (χ0n) is 10.9. The number of amides is 1. The molecule has 0 radical (unpaired) electrons. The lowest BCUT2D eigenvalue weighted by Crippen LogP contribution is -2.46. The SMILES string of the molecule is CCOCC(C)NC(=O)C(C(N)=NO)C(C)C. The smallest absolute Gasteiger partial charge is 0.231 e. The minimum Gasteiger partial charge on any atom is -0.409 e. The highest BCUT2D eigenvalue weighted by molar-refractivity contribution is 6.02. The summed E-state index contributed by atoms with van der Waals surface area (Å²) in [4.78, 5) is 11.9. The van der Waals surface area contributed by atoms with Gasteiger partial charge in [0.05, 0.1) is 6.61 Å². The summed E-state index contributed by atoms with van der Waals surface area (Å²) >= 11 is 0. The van der Waals surface area contributed by atoms with Crippen LogP contribution < -0.4 is 11.1 Å². The van der Waals surface area contributed by atoms with Crippen molar-refractivity contribution in [3.05, 3.63) is 0 Å². The number of ether oxygens (including phenoxy) is 1. The average Bonchev–Trinajstić information content (AvgIpc) is 2.25. The van der Waals surface area contributed by atoms with Gasteiger partial charge in [-0.25, -0.2) is 0 Å². The fourth-order valence-electron chi connectivity index (χ4n) is 1.51. The van der Waals surface area contributed by atoms with Crippen LogP contribution in [-0.4, -0.2) is 36.2 Å². The molecule has 0 saturated heterocycles. The van der Waals surface area contributed by atoms with Crippen molar-refractivity contribution in [1.82, 2.24) is 5.32 Å². The Balaban J connectivity index is 4.44. The summed E-state index contributed by atoms with van der Waals surface area (Å²) < 4.78 is 5.20. The predicted molar refractivity (Wildman–Crippen MR) is 65.8 cm³/mol. The van der Waals surface area contributed by atoms with E-state index in [1.165, 1.54) is 0 Å². The van der Waals surface area contributed by atoms with Crippen molar-refractivity contribution < 1.29 is 14.7 Å². The van der Waals surface area contributed by atoms with Gasteiger partial charge in [-0.05, 0) is 19.8 Å². The van der Waals surface area contributed by atoms with Crippen LogP contribution in [0.25, 0.3) is 0 Å². The second kappa shape index (κ2) is 7.89. The van der Waals surface area contributed by atoms with Crippen molar-refractivity contribution in [1.29, 1.82) is 0 Å². The molecular weight excluding hydrogens is 222 g/mol. The van der Waals surface area contributed by atoms with Crippen molar-refractivity contribution >= 4 is 11.7 Å². The first-order valence-corrected chi connectivity index (χ1v) is 5.79.